The van der Waals surface area contributed by atoms with Gasteiger partial charge in [0.25, 0.3) is 0 Å². The lowest BCUT2D eigenvalue weighted by Crippen LogP contribution is -2.02. The number of nitrogens with zero attached hydrogens (tertiary/aromatic N) is 3. The molecular weight excluding hydrogens is 282 g/mol. The summed E-state index contributed by atoms with van der Waals surface area (Å²) in [5.41, 5.74) is 4.19. The highest BCUT2D eigenvalue weighted by molar-refractivity contribution is 5.79. The zero-order chi connectivity index (χ0) is 17.2. The molecule has 0 bridgehead atoms. The maximum atomic E-state index is 4.52. The Kier molecular flexibility index (Phi) is 8.31. The van der Waals surface area contributed by atoms with Crippen molar-refractivity contribution < 1.29 is 0 Å². The summed E-state index contributed by atoms with van der Waals surface area (Å²) in [5, 5.41) is 4.36. The van der Waals surface area contributed by atoms with E-state index in [0.29, 0.717) is 6.54 Å². The van der Waals surface area contributed by atoms with Crippen LogP contribution in [0.3, 0.4) is 0 Å². The fraction of sp³-hybridized carbons (Fsp3) is 0.500. The number of hydrogen-bond acceptors (Lipinski definition) is 2. The van der Waals surface area contributed by atoms with Crippen LogP contribution in [0.2, 0.25) is 0 Å². The smallest absolute Gasteiger partial charge is 0.0671 e. The predicted octanol–water partition coefficient (Wildman–Crippen LogP) is 5.66. The Balaban J connectivity index is 2.51. The van der Waals surface area contributed by atoms with Crippen molar-refractivity contribution in [3.05, 3.63) is 48.5 Å². The average Bonchev–Trinajstić information content (AvgIpc) is 2.98. The first-order chi connectivity index (χ1) is 11.0. The first-order valence-electron chi connectivity index (χ1n) is 8.51. The minimum atomic E-state index is 0.715. The van der Waals surface area contributed by atoms with Crippen molar-refractivity contribution >= 4 is 11.8 Å². The van der Waals surface area contributed by atoms with Gasteiger partial charge >= 0.3 is 0 Å². The molecule has 1 heterocycles. The third-order valence-corrected chi connectivity index (χ3v) is 3.96. The van der Waals surface area contributed by atoms with Gasteiger partial charge in [-0.15, -0.1) is 0 Å². The third kappa shape index (κ3) is 7.27. The molecule has 3 heteroatoms. The number of aliphatic imine (C=N–C) groups is 1. The van der Waals surface area contributed by atoms with Crippen LogP contribution in [0.5, 0.6) is 0 Å². The molecule has 0 aliphatic rings. The fourth-order valence-electron chi connectivity index (χ4n) is 2.35. The molecule has 0 aliphatic carbocycles. The highest BCUT2D eigenvalue weighted by Crippen LogP contribution is 2.16. The molecule has 0 fully saturated rings. The van der Waals surface area contributed by atoms with E-state index < -0.39 is 0 Å². The molecule has 1 aromatic rings. The highest BCUT2D eigenvalue weighted by Gasteiger charge is 2.03. The topological polar surface area (TPSA) is 30.2 Å². The summed E-state index contributed by atoms with van der Waals surface area (Å²) in [6.45, 7) is 17.3. The number of hydrogen-bond donors (Lipinski definition) is 0. The van der Waals surface area contributed by atoms with Crippen LogP contribution in [0.4, 0.5) is 0 Å². The standard InChI is InChI=1S/C20H31N3/c1-7-9-17(5)10-11-18(6)21-12-19(8-2)14-23-15-20(13-22-23)16(3)4/h8,12-13,15,17H,3,6-7,9-11,14H2,1-2,4-5H3/b19-8+,21-12?. The van der Waals surface area contributed by atoms with Crippen LogP contribution in [-0.4, -0.2) is 16.0 Å². The van der Waals surface area contributed by atoms with Crippen LogP contribution in [0.1, 0.15) is 58.9 Å². The van der Waals surface area contributed by atoms with Crippen LogP contribution in [0.25, 0.3) is 5.57 Å². The van der Waals surface area contributed by atoms with E-state index in [1.807, 2.05) is 37.1 Å². The van der Waals surface area contributed by atoms with E-state index in [0.717, 1.165) is 41.2 Å². The first kappa shape index (κ1) is 19.1. The van der Waals surface area contributed by atoms with Gasteiger partial charge in [0.05, 0.1) is 12.7 Å². The summed E-state index contributed by atoms with van der Waals surface area (Å²) in [5.74, 6) is 0.748. The van der Waals surface area contributed by atoms with Gasteiger partial charge in [0.15, 0.2) is 0 Å². The van der Waals surface area contributed by atoms with Crippen molar-refractivity contribution in [2.75, 3.05) is 0 Å². The molecule has 0 saturated carbocycles. The van der Waals surface area contributed by atoms with Crippen molar-refractivity contribution in [1.29, 1.82) is 0 Å². The van der Waals surface area contributed by atoms with Crippen molar-refractivity contribution in [3.63, 3.8) is 0 Å². The lowest BCUT2D eigenvalue weighted by Gasteiger charge is -2.09. The third-order valence-electron chi connectivity index (χ3n) is 3.96. The predicted molar refractivity (Wildman–Crippen MR) is 102 cm³/mol. The maximum Gasteiger partial charge on any atom is 0.0671 e. The molecule has 1 rings (SSSR count). The van der Waals surface area contributed by atoms with Gasteiger partial charge in [-0.05, 0) is 43.8 Å². The van der Waals surface area contributed by atoms with E-state index in [-0.39, 0.29) is 0 Å². The van der Waals surface area contributed by atoms with Gasteiger partial charge < -0.3 is 0 Å². The van der Waals surface area contributed by atoms with E-state index >= 15 is 0 Å². The first-order valence-corrected chi connectivity index (χ1v) is 8.51. The quantitative estimate of drug-likeness (QED) is 0.512. The van der Waals surface area contributed by atoms with Crippen LogP contribution in [0.15, 0.2) is 47.9 Å². The minimum absolute atomic E-state index is 0.715. The van der Waals surface area contributed by atoms with E-state index in [2.05, 4.69) is 43.2 Å². The molecule has 126 valence electrons. The Bertz CT molecular complexity index is 575. The van der Waals surface area contributed by atoms with Crippen LogP contribution in [-0.2, 0) is 6.54 Å². The Morgan fingerprint density at radius 2 is 2.13 bits per heavy atom. The summed E-state index contributed by atoms with van der Waals surface area (Å²) < 4.78 is 1.91. The molecule has 1 atom stereocenters. The fourth-order valence-corrected chi connectivity index (χ4v) is 2.35. The molecule has 1 aromatic heterocycles. The summed E-state index contributed by atoms with van der Waals surface area (Å²) >= 11 is 0. The number of allylic oxidation sites excluding steroid dienone is 4. The monoisotopic (exact) mass is 313 g/mol. The second-order valence-corrected chi connectivity index (χ2v) is 6.33. The van der Waals surface area contributed by atoms with Gasteiger partial charge in [0, 0.05) is 23.7 Å². The van der Waals surface area contributed by atoms with E-state index in [4.69, 9.17) is 0 Å². The molecule has 0 N–H and O–H groups in total. The number of aromatic nitrogens is 2. The Labute approximate surface area is 141 Å². The van der Waals surface area contributed by atoms with Crippen molar-refractivity contribution in [1.82, 2.24) is 9.78 Å². The Hall–Kier alpha value is -1.90. The lowest BCUT2D eigenvalue weighted by molar-refractivity contribution is 0.485. The average molecular weight is 313 g/mol. The molecule has 0 amide bonds. The largest absolute Gasteiger partial charge is 0.268 e. The molecule has 0 saturated heterocycles. The van der Waals surface area contributed by atoms with E-state index in [9.17, 15) is 0 Å². The van der Waals surface area contributed by atoms with Crippen LogP contribution < -0.4 is 0 Å². The molecule has 0 aromatic carbocycles. The minimum Gasteiger partial charge on any atom is -0.268 e. The van der Waals surface area contributed by atoms with Gasteiger partial charge in [-0.25, -0.2) is 0 Å². The maximum absolute atomic E-state index is 4.52. The molecule has 23 heavy (non-hydrogen) atoms. The van der Waals surface area contributed by atoms with Gasteiger partial charge in [-0.3, -0.25) is 9.67 Å². The molecule has 0 radical (unpaired) electrons. The zero-order valence-electron chi connectivity index (χ0n) is 15.2. The normalized spacial score (nSPS) is 13.5. The second-order valence-electron chi connectivity index (χ2n) is 6.33. The number of rotatable bonds is 10. The van der Waals surface area contributed by atoms with Crippen molar-refractivity contribution in [2.24, 2.45) is 10.9 Å². The lowest BCUT2D eigenvalue weighted by atomic mass is 10.00. The SMILES string of the molecule is C=C(CCC(C)CCC)N=C/C(=C\C)Cn1cc(C(=C)C)cn1. The Morgan fingerprint density at radius 3 is 2.70 bits per heavy atom. The van der Waals surface area contributed by atoms with Crippen molar-refractivity contribution in [3.8, 4) is 0 Å². The summed E-state index contributed by atoms with van der Waals surface area (Å²) in [6.07, 6.45) is 12.5. The van der Waals surface area contributed by atoms with Gasteiger partial charge in [-0.2, -0.15) is 5.10 Å². The second kappa shape index (κ2) is 9.98. The molecule has 1 unspecified atom stereocenters. The summed E-state index contributed by atoms with van der Waals surface area (Å²) in [4.78, 5) is 4.52. The summed E-state index contributed by atoms with van der Waals surface area (Å²) in [7, 11) is 0. The zero-order valence-corrected chi connectivity index (χ0v) is 15.2. The molecule has 0 aliphatic heterocycles. The highest BCUT2D eigenvalue weighted by atomic mass is 15.3. The van der Waals surface area contributed by atoms with Crippen molar-refractivity contribution in [2.45, 2.75) is 59.9 Å². The van der Waals surface area contributed by atoms with Gasteiger partial charge in [-0.1, -0.05) is 45.9 Å². The summed E-state index contributed by atoms with van der Waals surface area (Å²) in [6, 6.07) is 0. The molecular formula is C20H31N3. The molecule has 0 spiro atoms. The van der Waals surface area contributed by atoms with E-state index in [1.165, 1.54) is 12.8 Å². The van der Waals surface area contributed by atoms with Crippen LogP contribution in [0, 0.1) is 5.92 Å². The van der Waals surface area contributed by atoms with Gasteiger partial charge in [0.1, 0.15) is 0 Å². The van der Waals surface area contributed by atoms with Gasteiger partial charge in [0.2, 0.25) is 0 Å². The van der Waals surface area contributed by atoms with E-state index in [1.54, 1.807) is 0 Å². The molecule has 3 nitrogen and oxygen atoms in total. The Morgan fingerprint density at radius 1 is 1.39 bits per heavy atom. The van der Waals surface area contributed by atoms with Crippen LogP contribution >= 0.6 is 0 Å².